The number of anilines is 1. The van der Waals surface area contributed by atoms with Crippen molar-refractivity contribution in [1.82, 2.24) is 4.57 Å². The van der Waals surface area contributed by atoms with E-state index in [4.69, 9.17) is 37.4 Å². The fraction of sp³-hybridized carbons (Fsp3) is 0.382. The Labute approximate surface area is 304 Å². The maximum absolute atomic E-state index is 13.5. The largest absolute Gasteiger partial charge is 0.755 e. The highest BCUT2D eigenvalue weighted by atomic mass is 35.5. The van der Waals surface area contributed by atoms with Gasteiger partial charge in [-0.05, 0) is 81.5 Å². The highest BCUT2D eigenvalue weighted by Crippen LogP contribution is 2.38. The summed E-state index contributed by atoms with van der Waals surface area (Å²) in [7, 11) is 0. The first kappa shape index (κ1) is 38.1. The molecule has 12 nitrogen and oxygen atoms in total. The highest BCUT2D eigenvalue weighted by Gasteiger charge is 2.27. The maximum atomic E-state index is 13.5. The van der Waals surface area contributed by atoms with Crippen LogP contribution in [0.25, 0.3) is 10.9 Å². The van der Waals surface area contributed by atoms with Gasteiger partial charge in [-0.2, -0.15) is 13.5 Å². The van der Waals surface area contributed by atoms with Gasteiger partial charge < -0.3 is 33.3 Å². The van der Waals surface area contributed by atoms with Crippen molar-refractivity contribution < 1.29 is 50.8 Å². The smallest absolute Gasteiger partial charge is 0.387 e. The topological polar surface area (TPSA) is 146 Å². The lowest BCUT2D eigenvalue weighted by Gasteiger charge is -2.27. The minimum absolute atomic E-state index is 0.0216. The summed E-state index contributed by atoms with van der Waals surface area (Å²) in [6, 6.07) is 10.5. The molecule has 1 aliphatic carbocycles. The number of ether oxygens (including phenoxy) is 4. The fourth-order valence-electron chi connectivity index (χ4n) is 5.20. The van der Waals surface area contributed by atoms with Crippen LogP contribution < -0.4 is 18.5 Å². The van der Waals surface area contributed by atoms with Crippen LogP contribution in [-0.4, -0.2) is 50.6 Å². The van der Waals surface area contributed by atoms with Crippen LogP contribution in [0.4, 0.5) is 14.5 Å². The number of pyridine rings is 1. The van der Waals surface area contributed by atoms with E-state index in [0.29, 0.717) is 39.3 Å². The molecule has 0 spiro atoms. The van der Waals surface area contributed by atoms with Gasteiger partial charge in [0.25, 0.3) is 0 Å². The number of nitrogens with zero attached hydrogens (tertiary/aromatic N) is 3. The average Bonchev–Trinajstić information content (AvgIpc) is 3.78. The van der Waals surface area contributed by atoms with Gasteiger partial charge in [0.2, 0.25) is 0 Å². The SMILES string of the molecule is CC(C)(C)OC(=O)CN(c1ccc2c(ccn2CC(=O)OC(Cc2c(Cl)c[n+]([O-])cc2Cl)c2ccc(OC(F)F)c(OCC3CC3)c2)c1)S(=O)[O-]. The number of hydrogen-bond donors (Lipinski definition) is 0. The van der Waals surface area contributed by atoms with Gasteiger partial charge in [0.05, 0.1) is 6.61 Å². The second-order valence-electron chi connectivity index (χ2n) is 12.8. The Balaban J connectivity index is 1.40. The number of rotatable bonds is 15. The molecule has 0 aliphatic heterocycles. The zero-order chi connectivity index (χ0) is 37.0. The molecular weight excluding hydrogens is 735 g/mol. The number of aromatic nitrogens is 2. The molecule has 1 fully saturated rings. The Morgan fingerprint density at radius 3 is 2.39 bits per heavy atom. The lowest BCUT2D eigenvalue weighted by atomic mass is 10.0. The molecule has 2 atom stereocenters. The molecule has 2 unspecified atom stereocenters. The molecule has 1 saturated carbocycles. The summed E-state index contributed by atoms with van der Waals surface area (Å²) in [4.78, 5) is 25.9. The third-order valence-electron chi connectivity index (χ3n) is 7.66. The Morgan fingerprint density at radius 2 is 1.76 bits per heavy atom. The van der Waals surface area contributed by atoms with Crippen molar-refractivity contribution >= 4 is 63.0 Å². The molecule has 2 heterocycles. The molecule has 17 heteroatoms. The number of alkyl halides is 2. The first-order valence-electron chi connectivity index (χ1n) is 15.7. The first-order chi connectivity index (χ1) is 24.1. The predicted molar refractivity (Wildman–Crippen MR) is 183 cm³/mol. The van der Waals surface area contributed by atoms with Gasteiger partial charge in [0, 0.05) is 46.0 Å². The average molecular weight is 770 g/mol. The van der Waals surface area contributed by atoms with Crippen LogP contribution in [0.1, 0.15) is 50.8 Å². The van der Waals surface area contributed by atoms with Crippen LogP contribution in [0, 0.1) is 11.1 Å². The van der Waals surface area contributed by atoms with Crippen LogP contribution in [0.15, 0.2) is 61.1 Å². The molecule has 0 saturated heterocycles. The second-order valence-corrected chi connectivity index (χ2v) is 14.5. The Morgan fingerprint density at radius 1 is 1.06 bits per heavy atom. The van der Waals surface area contributed by atoms with E-state index >= 15 is 0 Å². The van der Waals surface area contributed by atoms with Crippen molar-refractivity contribution in [3.05, 3.63) is 87.4 Å². The summed E-state index contributed by atoms with van der Waals surface area (Å²) in [6.45, 7) is 1.37. The summed E-state index contributed by atoms with van der Waals surface area (Å²) in [5, 5.41) is 12.5. The third kappa shape index (κ3) is 10.4. The number of carbonyl (C=O) groups excluding carboxylic acids is 2. The summed E-state index contributed by atoms with van der Waals surface area (Å²) >= 11 is 9.91. The zero-order valence-electron chi connectivity index (χ0n) is 27.7. The monoisotopic (exact) mass is 768 g/mol. The zero-order valence-corrected chi connectivity index (χ0v) is 30.0. The molecule has 2 aromatic carbocycles. The van der Waals surface area contributed by atoms with E-state index in [1.165, 1.54) is 24.3 Å². The Hall–Kier alpha value is -4.18. The first-order valence-corrected chi connectivity index (χ1v) is 17.5. The van der Waals surface area contributed by atoms with E-state index in [1.807, 2.05) is 0 Å². The lowest BCUT2D eigenvalue weighted by molar-refractivity contribution is -0.605. The van der Waals surface area contributed by atoms with E-state index in [2.05, 4.69) is 4.74 Å². The number of hydrogen-bond acceptors (Lipinski definition) is 9. The van der Waals surface area contributed by atoms with Crippen molar-refractivity contribution in [3.63, 3.8) is 0 Å². The fourth-order valence-corrected chi connectivity index (χ4v) is 6.29. The van der Waals surface area contributed by atoms with E-state index in [-0.39, 0.29) is 40.2 Å². The minimum Gasteiger partial charge on any atom is -0.755 e. The second kappa shape index (κ2) is 16.0. The number of benzene rings is 2. The van der Waals surface area contributed by atoms with E-state index < -0.39 is 48.1 Å². The van der Waals surface area contributed by atoms with E-state index in [9.17, 15) is 32.3 Å². The molecule has 274 valence electrons. The van der Waals surface area contributed by atoms with Crippen LogP contribution >= 0.6 is 23.2 Å². The van der Waals surface area contributed by atoms with E-state index in [0.717, 1.165) is 29.5 Å². The molecule has 0 N–H and O–H groups in total. The Bertz CT molecular complexity index is 1910. The van der Waals surface area contributed by atoms with Crippen LogP contribution in [0.5, 0.6) is 11.5 Å². The van der Waals surface area contributed by atoms with Gasteiger partial charge in [0.15, 0.2) is 23.9 Å². The molecule has 0 radical (unpaired) electrons. The van der Waals surface area contributed by atoms with Crippen molar-refractivity contribution in [2.24, 2.45) is 5.92 Å². The third-order valence-corrected chi connectivity index (χ3v) is 9.01. The van der Waals surface area contributed by atoms with Crippen LogP contribution in [-0.2, 0) is 43.3 Å². The number of esters is 2. The maximum Gasteiger partial charge on any atom is 0.387 e. The van der Waals surface area contributed by atoms with Gasteiger partial charge in [-0.15, -0.1) is 0 Å². The van der Waals surface area contributed by atoms with Gasteiger partial charge in [0.1, 0.15) is 34.8 Å². The molecule has 0 amide bonds. The number of fused-ring (bicyclic) bond motifs is 1. The standard InChI is InChI=1S/C34H35Cl2F2N3O9S/c1-34(2,3)50-32(43)18-41(51(45)46)23-7-8-27-21(12-23)10-11-39(27)17-31(42)48-29(14-24-25(35)15-40(44)16-26(24)36)22-6-9-28(49-33(37)38)30(13-22)47-19-20-4-5-20/h6-13,15-16,20,29,33H,4-5,14,17-19H2,1-3H3,(H,45,46)/p-1. The van der Waals surface area contributed by atoms with Crippen LogP contribution in [0.2, 0.25) is 10.0 Å². The molecule has 2 aromatic heterocycles. The number of halogens is 4. The normalized spacial score (nSPS) is 14.3. The summed E-state index contributed by atoms with van der Waals surface area (Å²) in [6.07, 6.45) is 4.56. The van der Waals surface area contributed by atoms with Crippen molar-refractivity contribution in [1.29, 1.82) is 0 Å². The molecule has 4 aromatic rings. The van der Waals surface area contributed by atoms with Crippen molar-refractivity contribution in [2.45, 2.75) is 64.9 Å². The molecule has 0 bridgehead atoms. The Kier molecular flexibility index (Phi) is 11.9. The van der Waals surface area contributed by atoms with Gasteiger partial charge in [-0.3, -0.25) is 18.1 Å². The number of carbonyl (C=O) groups is 2. The van der Waals surface area contributed by atoms with Gasteiger partial charge in [-0.1, -0.05) is 29.3 Å². The van der Waals surface area contributed by atoms with Gasteiger partial charge in [-0.25, -0.2) is 0 Å². The van der Waals surface area contributed by atoms with Gasteiger partial charge >= 0.3 is 18.6 Å². The highest BCUT2D eigenvalue weighted by molar-refractivity contribution is 7.80. The lowest BCUT2D eigenvalue weighted by Crippen LogP contribution is -2.36. The molecule has 51 heavy (non-hydrogen) atoms. The van der Waals surface area contributed by atoms with Crippen LogP contribution in [0.3, 0.4) is 0 Å². The van der Waals surface area contributed by atoms with Crippen molar-refractivity contribution in [2.75, 3.05) is 17.5 Å². The van der Waals surface area contributed by atoms with E-state index in [1.54, 1.807) is 49.7 Å². The minimum atomic E-state index is -3.10. The molecular formula is C34H34Cl2F2N3O9S-. The molecule has 1 aliphatic rings. The predicted octanol–water partition coefficient (Wildman–Crippen LogP) is 6.44. The van der Waals surface area contributed by atoms with Crippen molar-refractivity contribution in [3.8, 4) is 11.5 Å². The summed E-state index contributed by atoms with van der Waals surface area (Å²) in [5.74, 6) is -1.29. The summed E-state index contributed by atoms with van der Waals surface area (Å²) < 4.78 is 75.0. The molecule has 5 rings (SSSR count). The summed E-state index contributed by atoms with van der Waals surface area (Å²) in [5.41, 5.74) is 0.623. The quantitative estimate of drug-likeness (QED) is 0.0577.